The first kappa shape index (κ1) is 18.9. The predicted octanol–water partition coefficient (Wildman–Crippen LogP) is 1.80. The topological polar surface area (TPSA) is 55.8 Å². The Kier molecular flexibility index (Phi) is 5.53. The minimum atomic E-state index is -1.24. The summed E-state index contributed by atoms with van der Waals surface area (Å²) >= 11 is 0. The van der Waals surface area contributed by atoms with Gasteiger partial charge in [0.15, 0.2) is 5.60 Å². The van der Waals surface area contributed by atoms with Gasteiger partial charge in [-0.3, -0.25) is 9.69 Å². The van der Waals surface area contributed by atoms with Crippen LogP contribution >= 0.6 is 0 Å². The van der Waals surface area contributed by atoms with Crippen molar-refractivity contribution in [2.75, 3.05) is 39.3 Å². The first-order valence-electron chi connectivity index (χ1n) is 10.6. The number of benzene rings is 1. The molecule has 3 saturated heterocycles. The molecule has 0 unspecified atom stereocenters. The average Bonchev–Trinajstić information content (AvgIpc) is 3.24. The van der Waals surface area contributed by atoms with Crippen molar-refractivity contribution in [1.29, 1.82) is 0 Å². The number of piperidine rings is 1. The molecule has 3 aliphatic rings. The lowest BCUT2D eigenvalue weighted by molar-refractivity contribution is -0.156. The van der Waals surface area contributed by atoms with Gasteiger partial charge in [0.25, 0.3) is 5.91 Å². The fourth-order valence-electron chi connectivity index (χ4n) is 5.37. The van der Waals surface area contributed by atoms with Crippen molar-refractivity contribution < 1.29 is 9.90 Å². The summed E-state index contributed by atoms with van der Waals surface area (Å²) < 4.78 is 0. The number of likely N-dealkylation sites (tertiary alicyclic amines) is 1. The van der Waals surface area contributed by atoms with Crippen molar-refractivity contribution in [1.82, 2.24) is 15.1 Å². The van der Waals surface area contributed by atoms with E-state index in [0.29, 0.717) is 19.5 Å². The molecule has 4 rings (SSSR count). The molecule has 0 bridgehead atoms. The van der Waals surface area contributed by atoms with E-state index in [2.05, 4.69) is 22.3 Å². The quantitative estimate of drug-likeness (QED) is 0.767. The molecular formula is C22H33N3O2. The number of rotatable bonds is 7. The molecule has 3 fully saturated rings. The first-order valence-corrected chi connectivity index (χ1v) is 10.6. The summed E-state index contributed by atoms with van der Waals surface area (Å²) in [5, 5.41) is 14.5. The van der Waals surface area contributed by atoms with Crippen LogP contribution in [0.3, 0.4) is 0 Å². The Balaban J connectivity index is 1.31. The highest BCUT2D eigenvalue weighted by atomic mass is 16.3. The zero-order chi connectivity index (χ0) is 18.7. The second kappa shape index (κ2) is 7.90. The minimum absolute atomic E-state index is 0.0932. The maximum Gasteiger partial charge on any atom is 0.255 e. The SMILES string of the molecule is O=C1N(CCc2ccccc2)CCC[C@@]1(O)CNCC12CCCN1CCC2. The van der Waals surface area contributed by atoms with Crippen LogP contribution in [-0.2, 0) is 11.2 Å². The fraction of sp³-hybridized carbons (Fsp3) is 0.682. The van der Waals surface area contributed by atoms with Gasteiger partial charge >= 0.3 is 0 Å². The van der Waals surface area contributed by atoms with E-state index in [1.807, 2.05) is 23.1 Å². The van der Waals surface area contributed by atoms with Crippen molar-refractivity contribution in [3.05, 3.63) is 35.9 Å². The first-order chi connectivity index (χ1) is 13.1. The average molecular weight is 372 g/mol. The van der Waals surface area contributed by atoms with Gasteiger partial charge in [0, 0.05) is 31.7 Å². The fourth-order valence-corrected chi connectivity index (χ4v) is 5.37. The van der Waals surface area contributed by atoms with Gasteiger partial charge in [-0.2, -0.15) is 0 Å². The number of hydrogen-bond acceptors (Lipinski definition) is 4. The third-order valence-corrected chi connectivity index (χ3v) is 6.90. The van der Waals surface area contributed by atoms with Crippen LogP contribution in [0, 0.1) is 0 Å². The lowest BCUT2D eigenvalue weighted by atomic mass is 9.90. The Bertz CT molecular complexity index is 640. The number of carbonyl (C=O) groups excluding carboxylic acids is 1. The molecule has 5 nitrogen and oxygen atoms in total. The molecule has 2 N–H and O–H groups in total. The highest BCUT2D eigenvalue weighted by Crippen LogP contribution is 2.38. The summed E-state index contributed by atoms with van der Waals surface area (Å²) in [6, 6.07) is 10.3. The second-order valence-electron chi connectivity index (χ2n) is 8.68. The van der Waals surface area contributed by atoms with Gasteiger partial charge < -0.3 is 15.3 Å². The summed E-state index contributed by atoms with van der Waals surface area (Å²) in [4.78, 5) is 17.4. The van der Waals surface area contributed by atoms with Crippen LogP contribution in [0.1, 0.15) is 44.1 Å². The van der Waals surface area contributed by atoms with Gasteiger partial charge in [0.1, 0.15) is 0 Å². The van der Waals surface area contributed by atoms with Crippen molar-refractivity contribution >= 4 is 5.91 Å². The van der Waals surface area contributed by atoms with Crippen LogP contribution < -0.4 is 5.32 Å². The maximum atomic E-state index is 12.9. The van der Waals surface area contributed by atoms with Crippen molar-refractivity contribution in [3.8, 4) is 0 Å². The molecule has 5 heteroatoms. The summed E-state index contributed by atoms with van der Waals surface area (Å²) in [6.07, 6.45) is 7.32. The maximum absolute atomic E-state index is 12.9. The van der Waals surface area contributed by atoms with Crippen LogP contribution in [0.5, 0.6) is 0 Å². The van der Waals surface area contributed by atoms with E-state index in [9.17, 15) is 9.90 Å². The van der Waals surface area contributed by atoms with E-state index in [4.69, 9.17) is 0 Å². The second-order valence-corrected chi connectivity index (χ2v) is 8.68. The van der Waals surface area contributed by atoms with E-state index in [1.165, 1.54) is 44.3 Å². The summed E-state index contributed by atoms with van der Waals surface area (Å²) in [5.41, 5.74) is 0.272. The van der Waals surface area contributed by atoms with Crippen LogP contribution in [0.2, 0.25) is 0 Å². The molecule has 1 aromatic carbocycles. The monoisotopic (exact) mass is 371 g/mol. The summed E-state index contributed by atoms with van der Waals surface area (Å²) in [6.45, 7) is 5.13. The molecule has 1 atom stereocenters. The van der Waals surface area contributed by atoms with E-state index in [0.717, 1.165) is 25.9 Å². The van der Waals surface area contributed by atoms with Crippen LogP contribution in [0.15, 0.2) is 30.3 Å². The van der Waals surface area contributed by atoms with E-state index in [-0.39, 0.29) is 11.4 Å². The predicted molar refractivity (Wildman–Crippen MR) is 107 cm³/mol. The van der Waals surface area contributed by atoms with Crippen LogP contribution in [0.25, 0.3) is 0 Å². The number of carbonyl (C=O) groups is 1. The Morgan fingerprint density at radius 1 is 0.963 bits per heavy atom. The smallest absolute Gasteiger partial charge is 0.255 e. The number of hydrogen-bond donors (Lipinski definition) is 2. The summed E-state index contributed by atoms with van der Waals surface area (Å²) in [7, 11) is 0. The lowest BCUT2D eigenvalue weighted by Gasteiger charge is -2.39. The molecule has 0 aliphatic carbocycles. The summed E-state index contributed by atoms with van der Waals surface area (Å²) in [5.74, 6) is -0.0932. The number of aliphatic hydroxyl groups is 1. The molecule has 0 spiro atoms. The molecule has 3 heterocycles. The van der Waals surface area contributed by atoms with Crippen molar-refractivity contribution in [2.24, 2.45) is 0 Å². The molecule has 148 valence electrons. The highest BCUT2D eigenvalue weighted by molar-refractivity contribution is 5.86. The Hall–Kier alpha value is -1.43. The molecule has 1 amide bonds. The number of fused-ring (bicyclic) bond motifs is 1. The van der Waals surface area contributed by atoms with Gasteiger partial charge in [-0.25, -0.2) is 0 Å². The van der Waals surface area contributed by atoms with Gasteiger partial charge in [0.05, 0.1) is 0 Å². The lowest BCUT2D eigenvalue weighted by Crippen LogP contribution is -2.59. The van der Waals surface area contributed by atoms with E-state index in [1.54, 1.807) is 0 Å². The third kappa shape index (κ3) is 3.91. The Morgan fingerprint density at radius 2 is 1.67 bits per heavy atom. The van der Waals surface area contributed by atoms with Gasteiger partial charge in [-0.15, -0.1) is 0 Å². The Morgan fingerprint density at radius 3 is 2.41 bits per heavy atom. The van der Waals surface area contributed by atoms with E-state index >= 15 is 0 Å². The number of amides is 1. The minimum Gasteiger partial charge on any atom is -0.379 e. The van der Waals surface area contributed by atoms with Gasteiger partial charge in [-0.1, -0.05) is 30.3 Å². The molecule has 0 saturated carbocycles. The van der Waals surface area contributed by atoms with Crippen LogP contribution in [0.4, 0.5) is 0 Å². The zero-order valence-electron chi connectivity index (χ0n) is 16.3. The molecule has 1 aromatic rings. The van der Waals surface area contributed by atoms with Crippen molar-refractivity contribution in [2.45, 2.75) is 56.1 Å². The molecule has 0 radical (unpaired) electrons. The Labute approximate surface area is 162 Å². The largest absolute Gasteiger partial charge is 0.379 e. The number of nitrogens with one attached hydrogen (secondary N) is 1. The normalized spacial score (nSPS) is 27.9. The van der Waals surface area contributed by atoms with Gasteiger partial charge in [0.2, 0.25) is 0 Å². The zero-order valence-corrected chi connectivity index (χ0v) is 16.3. The van der Waals surface area contributed by atoms with E-state index < -0.39 is 5.60 Å². The molecule has 0 aromatic heterocycles. The molecular weight excluding hydrogens is 338 g/mol. The van der Waals surface area contributed by atoms with Crippen molar-refractivity contribution in [3.63, 3.8) is 0 Å². The standard InChI is InChI=1S/C22H33N3O2/c26-20-22(27,18-23-17-21-10-4-14-25(21)15-5-11-21)12-6-13-24(20)16-9-19-7-2-1-3-8-19/h1-3,7-8,23,27H,4-6,9-18H2/t22-/m1/s1. The molecule has 3 aliphatic heterocycles. The highest BCUT2D eigenvalue weighted by Gasteiger charge is 2.45. The number of nitrogens with zero attached hydrogens (tertiary/aromatic N) is 2. The van der Waals surface area contributed by atoms with Crippen LogP contribution in [-0.4, -0.2) is 71.2 Å². The third-order valence-electron chi connectivity index (χ3n) is 6.90. The molecule has 27 heavy (non-hydrogen) atoms. The van der Waals surface area contributed by atoms with Gasteiger partial charge in [-0.05, 0) is 63.6 Å².